The molecule has 0 aromatic carbocycles. The third-order valence-electron chi connectivity index (χ3n) is 2.26. The average molecular weight is 200 g/mol. The SMILES string of the molecule is C=C1C[C@@H]([C@H]2CO2)O[C@@H]1OC(C)(C)O. The molecule has 2 aliphatic rings. The zero-order valence-corrected chi connectivity index (χ0v) is 8.53. The van der Waals surface area contributed by atoms with Crippen LogP contribution in [0.1, 0.15) is 20.3 Å². The maximum Gasteiger partial charge on any atom is 0.183 e. The van der Waals surface area contributed by atoms with Crippen molar-refractivity contribution in [1.29, 1.82) is 0 Å². The standard InChI is InChI=1S/C10H16O4/c1-6-4-7(8-5-12-8)13-9(6)14-10(2,3)11/h7-9,11H,1,4-5H2,2-3H3/t7-,8+,9+/m0/s1. The zero-order chi connectivity index (χ0) is 10.3. The van der Waals surface area contributed by atoms with Crippen LogP contribution in [0.4, 0.5) is 0 Å². The maximum absolute atomic E-state index is 9.46. The molecule has 2 heterocycles. The van der Waals surface area contributed by atoms with Crippen LogP contribution < -0.4 is 0 Å². The minimum Gasteiger partial charge on any atom is -0.370 e. The number of hydrogen-bond donors (Lipinski definition) is 1. The smallest absolute Gasteiger partial charge is 0.183 e. The van der Waals surface area contributed by atoms with E-state index in [2.05, 4.69) is 6.58 Å². The summed E-state index contributed by atoms with van der Waals surface area (Å²) in [6.07, 6.45) is 0.506. The lowest BCUT2D eigenvalue weighted by atomic mass is 10.1. The molecule has 0 spiro atoms. The number of hydrogen-bond acceptors (Lipinski definition) is 4. The molecule has 0 aromatic rings. The van der Waals surface area contributed by atoms with Crippen molar-refractivity contribution in [3.8, 4) is 0 Å². The zero-order valence-electron chi connectivity index (χ0n) is 8.53. The minimum absolute atomic E-state index is 0.0508. The van der Waals surface area contributed by atoms with E-state index in [-0.39, 0.29) is 12.2 Å². The fourth-order valence-electron chi connectivity index (χ4n) is 1.52. The normalized spacial score (nSPS) is 37.6. The lowest BCUT2D eigenvalue weighted by Crippen LogP contribution is -2.31. The van der Waals surface area contributed by atoms with E-state index in [1.165, 1.54) is 0 Å². The Kier molecular flexibility index (Phi) is 2.39. The predicted octanol–water partition coefficient (Wildman–Crippen LogP) is 0.801. The predicted molar refractivity (Wildman–Crippen MR) is 49.5 cm³/mol. The lowest BCUT2D eigenvalue weighted by molar-refractivity contribution is -0.259. The first-order valence-electron chi connectivity index (χ1n) is 4.80. The van der Waals surface area contributed by atoms with Gasteiger partial charge in [-0.05, 0) is 19.4 Å². The number of ether oxygens (including phenoxy) is 3. The van der Waals surface area contributed by atoms with Crippen molar-refractivity contribution in [3.05, 3.63) is 12.2 Å². The Morgan fingerprint density at radius 2 is 2.14 bits per heavy atom. The molecule has 0 bridgehead atoms. The topological polar surface area (TPSA) is 51.2 Å². The molecule has 2 saturated heterocycles. The first-order valence-corrected chi connectivity index (χ1v) is 4.80. The Bertz CT molecular complexity index is 239. The summed E-state index contributed by atoms with van der Waals surface area (Å²) in [6, 6.07) is 0. The number of epoxide rings is 1. The molecule has 0 aromatic heterocycles. The lowest BCUT2D eigenvalue weighted by Gasteiger charge is -2.23. The monoisotopic (exact) mass is 200 g/mol. The van der Waals surface area contributed by atoms with Gasteiger partial charge in [0.05, 0.1) is 12.7 Å². The minimum atomic E-state index is -1.19. The van der Waals surface area contributed by atoms with Gasteiger partial charge in [0.15, 0.2) is 12.1 Å². The third-order valence-corrected chi connectivity index (χ3v) is 2.26. The molecule has 4 nitrogen and oxygen atoms in total. The average Bonchev–Trinajstić information content (AvgIpc) is 2.77. The highest BCUT2D eigenvalue weighted by molar-refractivity contribution is 5.08. The molecular formula is C10H16O4. The van der Waals surface area contributed by atoms with Crippen LogP contribution in [0.2, 0.25) is 0 Å². The van der Waals surface area contributed by atoms with E-state index in [1.54, 1.807) is 13.8 Å². The van der Waals surface area contributed by atoms with Gasteiger partial charge in [-0.15, -0.1) is 0 Å². The molecule has 0 radical (unpaired) electrons. The Hall–Kier alpha value is -0.420. The Balaban J connectivity index is 1.90. The highest BCUT2D eigenvalue weighted by Gasteiger charge is 2.42. The van der Waals surface area contributed by atoms with Crippen LogP contribution in [0, 0.1) is 0 Å². The van der Waals surface area contributed by atoms with Crippen molar-refractivity contribution < 1.29 is 19.3 Å². The van der Waals surface area contributed by atoms with Gasteiger partial charge < -0.3 is 19.3 Å². The molecule has 2 aliphatic heterocycles. The van der Waals surface area contributed by atoms with E-state index >= 15 is 0 Å². The summed E-state index contributed by atoms with van der Waals surface area (Å²) in [5.74, 6) is -1.19. The Morgan fingerprint density at radius 3 is 2.64 bits per heavy atom. The van der Waals surface area contributed by atoms with Crippen LogP contribution in [-0.2, 0) is 14.2 Å². The number of aliphatic hydroxyl groups is 1. The first-order chi connectivity index (χ1) is 6.46. The molecule has 14 heavy (non-hydrogen) atoms. The van der Waals surface area contributed by atoms with Crippen molar-refractivity contribution in [2.24, 2.45) is 0 Å². The quantitative estimate of drug-likeness (QED) is 0.416. The summed E-state index contributed by atoms with van der Waals surface area (Å²) >= 11 is 0. The third kappa shape index (κ3) is 2.33. The van der Waals surface area contributed by atoms with E-state index in [9.17, 15) is 5.11 Å². The molecule has 1 N–H and O–H groups in total. The summed E-state index contributed by atoms with van der Waals surface area (Å²) < 4.78 is 16.0. The van der Waals surface area contributed by atoms with Gasteiger partial charge in [-0.3, -0.25) is 0 Å². The van der Waals surface area contributed by atoms with Crippen molar-refractivity contribution in [1.82, 2.24) is 0 Å². The second kappa shape index (κ2) is 3.31. The van der Waals surface area contributed by atoms with Crippen molar-refractivity contribution in [3.63, 3.8) is 0 Å². The molecule has 3 atom stereocenters. The van der Waals surface area contributed by atoms with E-state index in [1.807, 2.05) is 0 Å². The fraction of sp³-hybridized carbons (Fsp3) is 0.800. The summed E-state index contributed by atoms with van der Waals surface area (Å²) in [7, 11) is 0. The second-order valence-corrected chi connectivity index (χ2v) is 4.31. The largest absolute Gasteiger partial charge is 0.370 e. The fourth-order valence-corrected chi connectivity index (χ4v) is 1.52. The first kappa shape index (κ1) is 10.1. The molecule has 2 rings (SSSR count). The van der Waals surface area contributed by atoms with Gasteiger partial charge in [0.1, 0.15) is 6.10 Å². The highest BCUT2D eigenvalue weighted by atomic mass is 16.8. The molecule has 0 saturated carbocycles. The Morgan fingerprint density at radius 1 is 1.50 bits per heavy atom. The van der Waals surface area contributed by atoms with Gasteiger partial charge in [-0.25, -0.2) is 0 Å². The second-order valence-electron chi connectivity index (χ2n) is 4.31. The van der Waals surface area contributed by atoms with Gasteiger partial charge in [-0.1, -0.05) is 6.58 Å². The summed E-state index contributed by atoms with van der Waals surface area (Å²) in [5.41, 5.74) is 0.868. The molecule has 0 aliphatic carbocycles. The molecular weight excluding hydrogens is 184 g/mol. The van der Waals surface area contributed by atoms with Gasteiger partial charge in [0.25, 0.3) is 0 Å². The van der Waals surface area contributed by atoms with Crippen LogP contribution >= 0.6 is 0 Å². The summed E-state index contributed by atoms with van der Waals surface area (Å²) in [4.78, 5) is 0. The van der Waals surface area contributed by atoms with E-state index in [0.717, 1.165) is 18.6 Å². The highest BCUT2D eigenvalue weighted by Crippen LogP contribution is 2.33. The molecule has 80 valence electrons. The van der Waals surface area contributed by atoms with Gasteiger partial charge in [-0.2, -0.15) is 0 Å². The van der Waals surface area contributed by atoms with Crippen molar-refractivity contribution in [2.45, 2.75) is 44.6 Å². The van der Waals surface area contributed by atoms with Crippen LogP contribution in [0.25, 0.3) is 0 Å². The van der Waals surface area contributed by atoms with Gasteiger partial charge in [0.2, 0.25) is 0 Å². The van der Waals surface area contributed by atoms with Crippen LogP contribution in [0.3, 0.4) is 0 Å². The van der Waals surface area contributed by atoms with Crippen LogP contribution in [0.15, 0.2) is 12.2 Å². The molecule has 2 fully saturated rings. The van der Waals surface area contributed by atoms with E-state index < -0.39 is 12.1 Å². The van der Waals surface area contributed by atoms with Crippen LogP contribution in [-0.4, -0.2) is 36.0 Å². The van der Waals surface area contributed by atoms with Crippen molar-refractivity contribution in [2.75, 3.05) is 6.61 Å². The van der Waals surface area contributed by atoms with Crippen molar-refractivity contribution >= 4 is 0 Å². The van der Waals surface area contributed by atoms with E-state index in [0.29, 0.717) is 0 Å². The van der Waals surface area contributed by atoms with Gasteiger partial charge >= 0.3 is 0 Å². The van der Waals surface area contributed by atoms with E-state index in [4.69, 9.17) is 14.2 Å². The summed E-state index contributed by atoms with van der Waals surface area (Å²) in [5, 5.41) is 9.46. The molecule has 0 amide bonds. The molecule has 0 unspecified atom stereocenters. The maximum atomic E-state index is 9.46. The Labute approximate surface area is 83.5 Å². The van der Waals surface area contributed by atoms with Gasteiger partial charge in [0, 0.05) is 6.42 Å². The van der Waals surface area contributed by atoms with Crippen LogP contribution in [0.5, 0.6) is 0 Å². The number of rotatable bonds is 3. The summed E-state index contributed by atoms with van der Waals surface area (Å²) in [6.45, 7) is 7.77. The molecule has 4 heteroatoms.